The highest BCUT2D eigenvalue weighted by molar-refractivity contribution is 5.95. The molecule has 0 fully saturated rings. The third-order valence-electron chi connectivity index (χ3n) is 5.85. The van der Waals surface area contributed by atoms with E-state index in [0.717, 1.165) is 33.9 Å². The molecular weight excluding hydrogens is 444 g/mol. The molecule has 0 saturated heterocycles. The van der Waals surface area contributed by atoms with Crippen molar-refractivity contribution in [2.24, 2.45) is 0 Å². The summed E-state index contributed by atoms with van der Waals surface area (Å²) in [7, 11) is 1.62. The van der Waals surface area contributed by atoms with Crippen LogP contribution >= 0.6 is 0 Å². The van der Waals surface area contributed by atoms with E-state index in [1.165, 1.54) is 0 Å². The van der Waals surface area contributed by atoms with E-state index in [9.17, 15) is 4.79 Å². The van der Waals surface area contributed by atoms with Crippen LogP contribution in [-0.4, -0.2) is 44.6 Å². The average Bonchev–Trinajstić information content (AvgIpc) is 3.23. The topological polar surface area (TPSA) is 104 Å². The molecule has 9 heteroatoms. The number of ether oxygens (including phenoxy) is 2. The molecule has 5 rings (SSSR count). The second-order valence-corrected chi connectivity index (χ2v) is 8.11. The van der Waals surface area contributed by atoms with Gasteiger partial charge < -0.3 is 14.8 Å². The van der Waals surface area contributed by atoms with E-state index in [1.54, 1.807) is 24.1 Å². The lowest BCUT2D eigenvalue weighted by Crippen LogP contribution is -2.25. The number of carbonyl (C=O) groups excluding carboxylic acids is 1. The van der Waals surface area contributed by atoms with Crippen LogP contribution in [0.3, 0.4) is 0 Å². The van der Waals surface area contributed by atoms with Gasteiger partial charge in [-0.15, -0.1) is 5.10 Å². The van der Waals surface area contributed by atoms with E-state index in [1.807, 2.05) is 55.5 Å². The van der Waals surface area contributed by atoms with Crippen LogP contribution in [-0.2, 0) is 4.79 Å². The predicted molar refractivity (Wildman–Crippen MR) is 131 cm³/mol. The summed E-state index contributed by atoms with van der Waals surface area (Å²) in [4.78, 5) is 17.4. The van der Waals surface area contributed by atoms with Gasteiger partial charge in [0.05, 0.1) is 24.7 Å². The Balaban J connectivity index is 1.54. The zero-order valence-corrected chi connectivity index (χ0v) is 19.4. The molecule has 1 unspecified atom stereocenters. The number of nitrogens with zero attached hydrogens (tertiary/aromatic N) is 5. The van der Waals surface area contributed by atoms with E-state index in [4.69, 9.17) is 9.47 Å². The molecule has 0 spiro atoms. The Bertz CT molecular complexity index is 1400. The van der Waals surface area contributed by atoms with Crippen molar-refractivity contribution < 1.29 is 14.3 Å². The fraction of sp³-hybridized carbons (Fsp3) is 0.192. The number of methoxy groups -OCH3 is 1. The summed E-state index contributed by atoms with van der Waals surface area (Å²) in [6.45, 7) is 6.02. The lowest BCUT2D eigenvalue weighted by atomic mass is 9.86. The van der Waals surface area contributed by atoms with Crippen molar-refractivity contribution in [2.75, 3.05) is 19.0 Å². The Hall–Kier alpha value is -4.53. The smallest absolute Gasteiger partial charge is 0.272 e. The Morgan fingerprint density at radius 2 is 2.03 bits per heavy atom. The van der Waals surface area contributed by atoms with Crippen LogP contribution in [0.1, 0.15) is 29.2 Å². The summed E-state index contributed by atoms with van der Waals surface area (Å²) in [5, 5.41) is 16.0. The molecule has 3 heterocycles. The summed E-state index contributed by atoms with van der Waals surface area (Å²) >= 11 is 0. The standard InChI is InChI=1S/C26H24N6O3/c1-4-12-35-20-7-5-6-18(13-20)21-14-23(33)29-25-24(21)16(2)31-32(25)26-28-22(15-27-30-26)17-8-10-19(34-3)11-9-17/h4-11,13,15,21H,1,12,14H2,2-3H3,(H,29,33). The van der Waals surface area contributed by atoms with Gasteiger partial charge in [0.15, 0.2) is 0 Å². The van der Waals surface area contributed by atoms with E-state index in [0.29, 0.717) is 24.5 Å². The first kappa shape index (κ1) is 22.3. The third kappa shape index (κ3) is 4.35. The minimum absolute atomic E-state index is 0.111. The molecule has 1 N–H and O–H groups in total. The Labute approximate surface area is 202 Å². The third-order valence-corrected chi connectivity index (χ3v) is 5.85. The highest BCUT2D eigenvalue weighted by atomic mass is 16.5. The fourth-order valence-electron chi connectivity index (χ4n) is 4.24. The fourth-order valence-corrected chi connectivity index (χ4v) is 4.24. The molecule has 2 aromatic carbocycles. The maximum absolute atomic E-state index is 12.7. The van der Waals surface area contributed by atoms with Crippen molar-refractivity contribution in [1.29, 1.82) is 0 Å². The van der Waals surface area contributed by atoms with Gasteiger partial charge in [0.1, 0.15) is 23.9 Å². The summed E-state index contributed by atoms with van der Waals surface area (Å²) in [6.07, 6.45) is 3.58. The molecule has 9 nitrogen and oxygen atoms in total. The van der Waals surface area contributed by atoms with E-state index >= 15 is 0 Å². The van der Waals surface area contributed by atoms with Crippen molar-refractivity contribution in [3.05, 3.63) is 84.2 Å². The molecule has 0 radical (unpaired) electrons. The van der Waals surface area contributed by atoms with Crippen LogP contribution in [0.2, 0.25) is 0 Å². The Morgan fingerprint density at radius 3 is 2.80 bits per heavy atom. The number of hydrogen-bond donors (Lipinski definition) is 1. The predicted octanol–water partition coefficient (Wildman–Crippen LogP) is 4.08. The van der Waals surface area contributed by atoms with Gasteiger partial charge in [0, 0.05) is 23.5 Å². The van der Waals surface area contributed by atoms with Crippen LogP contribution in [0.4, 0.5) is 5.82 Å². The van der Waals surface area contributed by atoms with Crippen molar-refractivity contribution in [3.8, 4) is 28.7 Å². The van der Waals surface area contributed by atoms with Crippen molar-refractivity contribution in [2.45, 2.75) is 19.3 Å². The number of hydrogen-bond acceptors (Lipinski definition) is 7. The summed E-state index contributed by atoms with van der Waals surface area (Å²) < 4.78 is 12.5. The van der Waals surface area contributed by atoms with Crippen molar-refractivity contribution >= 4 is 11.7 Å². The van der Waals surface area contributed by atoms with E-state index < -0.39 is 0 Å². The molecule has 1 atom stereocenters. The Morgan fingerprint density at radius 1 is 1.20 bits per heavy atom. The number of aryl methyl sites for hydroxylation is 1. The highest BCUT2D eigenvalue weighted by Crippen LogP contribution is 2.40. The van der Waals surface area contributed by atoms with Crippen molar-refractivity contribution in [1.82, 2.24) is 25.0 Å². The molecule has 1 aliphatic rings. The molecule has 35 heavy (non-hydrogen) atoms. The molecule has 4 aromatic rings. The average molecular weight is 469 g/mol. The number of carbonyl (C=O) groups is 1. The van der Waals surface area contributed by atoms with Gasteiger partial charge in [-0.25, -0.2) is 4.98 Å². The van der Waals surface area contributed by atoms with E-state index in [2.05, 4.69) is 32.2 Å². The second kappa shape index (κ2) is 9.38. The molecule has 1 amide bonds. The maximum Gasteiger partial charge on any atom is 0.272 e. The van der Waals surface area contributed by atoms with Gasteiger partial charge in [-0.3, -0.25) is 4.79 Å². The van der Waals surface area contributed by atoms with Gasteiger partial charge in [-0.1, -0.05) is 24.8 Å². The SMILES string of the molecule is C=CCOc1cccc(C2CC(=O)Nc3c2c(C)nn3-c2nncc(-c3ccc(OC)cc3)n2)c1. The van der Waals surface area contributed by atoms with E-state index in [-0.39, 0.29) is 17.8 Å². The van der Waals surface area contributed by atoms with Gasteiger partial charge in [0.25, 0.3) is 5.95 Å². The number of anilines is 1. The van der Waals surface area contributed by atoms with Gasteiger partial charge in [-0.05, 0) is 48.9 Å². The van der Waals surface area contributed by atoms with Crippen LogP contribution in [0.15, 0.2) is 67.4 Å². The molecule has 1 aliphatic heterocycles. The maximum atomic E-state index is 12.7. The monoisotopic (exact) mass is 468 g/mol. The zero-order chi connectivity index (χ0) is 24.4. The molecule has 2 aromatic heterocycles. The largest absolute Gasteiger partial charge is 0.497 e. The molecular formula is C26H24N6O3. The van der Waals surface area contributed by atoms with Crippen molar-refractivity contribution in [3.63, 3.8) is 0 Å². The minimum atomic E-state index is -0.183. The molecule has 0 saturated carbocycles. The first-order chi connectivity index (χ1) is 17.1. The summed E-state index contributed by atoms with van der Waals surface area (Å²) in [6, 6.07) is 15.3. The lowest BCUT2D eigenvalue weighted by Gasteiger charge is -2.24. The Kier molecular flexibility index (Phi) is 5.97. The molecule has 176 valence electrons. The van der Waals surface area contributed by atoms with Crippen LogP contribution < -0.4 is 14.8 Å². The summed E-state index contributed by atoms with van der Waals surface area (Å²) in [5.41, 5.74) is 4.16. The zero-order valence-electron chi connectivity index (χ0n) is 19.4. The van der Waals surface area contributed by atoms with Crippen LogP contribution in [0.25, 0.3) is 17.2 Å². The van der Waals surface area contributed by atoms with Gasteiger partial charge in [-0.2, -0.15) is 14.9 Å². The molecule has 0 aliphatic carbocycles. The number of fused-ring (bicyclic) bond motifs is 1. The second-order valence-electron chi connectivity index (χ2n) is 8.11. The van der Waals surface area contributed by atoms with Gasteiger partial charge >= 0.3 is 0 Å². The quantitative estimate of drug-likeness (QED) is 0.408. The number of benzene rings is 2. The number of rotatable bonds is 7. The normalized spacial score (nSPS) is 14.7. The minimum Gasteiger partial charge on any atom is -0.497 e. The summed E-state index contributed by atoms with van der Waals surface area (Å²) in [5.74, 6) is 2.00. The molecule has 0 bridgehead atoms. The number of aromatic nitrogens is 5. The van der Waals surface area contributed by atoms with Gasteiger partial charge in [0.2, 0.25) is 5.91 Å². The van der Waals surface area contributed by atoms with Crippen LogP contribution in [0.5, 0.6) is 11.5 Å². The highest BCUT2D eigenvalue weighted by Gasteiger charge is 2.33. The first-order valence-electron chi connectivity index (χ1n) is 11.1. The number of nitrogens with one attached hydrogen (secondary N) is 1. The lowest BCUT2D eigenvalue weighted by molar-refractivity contribution is -0.116. The first-order valence-corrected chi connectivity index (χ1v) is 11.1. The van der Waals surface area contributed by atoms with Crippen LogP contribution in [0, 0.1) is 6.92 Å². The number of amides is 1.